The van der Waals surface area contributed by atoms with Gasteiger partial charge in [-0.3, -0.25) is 4.79 Å². The molecule has 2 aliphatic rings. The molecule has 1 amide bonds. The summed E-state index contributed by atoms with van der Waals surface area (Å²) in [5, 5.41) is 4.48. The Kier molecular flexibility index (Phi) is 4.23. The number of halogens is 2. The van der Waals surface area contributed by atoms with Gasteiger partial charge in [-0.05, 0) is 55.2 Å². The van der Waals surface area contributed by atoms with Crippen LogP contribution in [-0.2, 0) is 11.2 Å². The maximum absolute atomic E-state index is 12.0. The van der Waals surface area contributed by atoms with E-state index in [0.717, 1.165) is 17.4 Å². The highest BCUT2D eigenvalue weighted by atomic mass is 35.5. The smallest absolute Gasteiger partial charge is 0.220 e. The summed E-state index contributed by atoms with van der Waals surface area (Å²) in [5.41, 5.74) is 0.985. The Morgan fingerprint density at radius 1 is 1.25 bits per heavy atom. The van der Waals surface area contributed by atoms with E-state index in [4.69, 9.17) is 23.2 Å². The van der Waals surface area contributed by atoms with Crippen LogP contribution in [0.15, 0.2) is 18.2 Å². The molecule has 1 aromatic rings. The number of amides is 1. The van der Waals surface area contributed by atoms with E-state index in [1.165, 1.54) is 25.7 Å². The average Bonchev–Trinajstić information content (AvgIpc) is 3.00. The molecule has 0 saturated heterocycles. The molecule has 108 valence electrons. The van der Waals surface area contributed by atoms with Gasteiger partial charge in [0.2, 0.25) is 5.91 Å². The number of fused-ring (bicyclic) bond motifs is 2. The van der Waals surface area contributed by atoms with Crippen molar-refractivity contribution in [3.05, 3.63) is 33.8 Å². The second-order valence-corrected chi connectivity index (χ2v) is 6.93. The van der Waals surface area contributed by atoms with E-state index in [0.29, 0.717) is 28.9 Å². The SMILES string of the molecule is O=C(CCc1ccc(Cl)cc1Cl)N[C@H]1C[C@H]2CC[C@H]1C2. The van der Waals surface area contributed by atoms with Gasteiger partial charge >= 0.3 is 0 Å². The van der Waals surface area contributed by atoms with Crippen LogP contribution in [0.1, 0.15) is 37.7 Å². The number of carbonyl (C=O) groups excluding carboxylic acids is 1. The fourth-order valence-corrected chi connectivity index (χ4v) is 4.18. The van der Waals surface area contributed by atoms with Crippen molar-refractivity contribution in [3.63, 3.8) is 0 Å². The summed E-state index contributed by atoms with van der Waals surface area (Å²) in [7, 11) is 0. The molecular formula is C16H19Cl2NO. The lowest BCUT2D eigenvalue weighted by molar-refractivity contribution is -0.122. The molecule has 0 heterocycles. The predicted octanol–water partition coefficient (Wildman–Crippen LogP) is 4.23. The first-order chi connectivity index (χ1) is 9.61. The van der Waals surface area contributed by atoms with Crippen LogP contribution in [0, 0.1) is 11.8 Å². The lowest BCUT2D eigenvalue weighted by atomic mass is 9.95. The largest absolute Gasteiger partial charge is 0.353 e. The van der Waals surface area contributed by atoms with Crippen LogP contribution in [-0.4, -0.2) is 11.9 Å². The highest BCUT2D eigenvalue weighted by Crippen LogP contribution is 2.44. The van der Waals surface area contributed by atoms with E-state index < -0.39 is 0 Å². The summed E-state index contributed by atoms with van der Waals surface area (Å²) < 4.78 is 0. The number of benzene rings is 1. The zero-order valence-electron chi connectivity index (χ0n) is 11.4. The summed E-state index contributed by atoms with van der Waals surface area (Å²) in [6.07, 6.45) is 6.31. The van der Waals surface area contributed by atoms with Crippen LogP contribution >= 0.6 is 23.2 Å². The average molecular weight is 312 g/mol. The monoisotopic (exact) mass is 311 g/mol. The van der Waals surface area contributed by atoms with E-state index >= 15 is 0 Å². The van der Waals surface area contributed by atoms with Crippen LogP contribution in [0.3, 0.4) is 0 Å². The molecule has 0 unspecified atom stereocenters. The van der Waals surface area contributed by atoms with Crippen LogP contribution < -0.4 is 5.32 Å². The van der Waals surface area contributed by atoms with E-state index in [-0.39, 0.29) is 5.91 Å². The van der Waals surface area contributed by atoms with Crippen molar-refractivity contribution in [1.82, 2.24) is 5.32 Å². The summed E-state index contributed by atoms with van der Waals surface area (Å²) in [6.45, 7) is 0. The number of aryl methyl sites for hydroxylation is 1. The van der Waals surface area contributed by atoms with Crippen molar-refractivity contribution in [2.24, 2.45) is 11.8 Å². The molecule has 0 aromatic heterocycles. The normalized spacial score (nSPS) is 27.8. The molecule has 2 aliphatic carbocycles. The van der Waals surface area contributed by atoms with E-state index in [1.54, 1.807) is 6.07 Å². The summed E-state index contributed by atoms with van der Waals surface area (Å²) in [5.74, 6) is 1.73. The van der Waals surface area contributed by atoms with Gasteiger partial charge in [-0.1, -0.05) is 35.7 Å². The van der Waals surface area contributed by atoms with Gasteiger partial charge < -0.3 is 5.32 Å². The third-order valence-electron chi connectivity index (χ3n) is 4.72. The van der Waals surface area contributed by atoms with Gasteiger partial charge in [0.05, 0.1) is 0 Å². The molecule has 3 rings (SSSR count). The molecule has 2 nitrogen and oxygen atoms in total. The zero-order chi connectivity index (χ0) is 14.1. The maximum atomic E-state index is 12.0. The number of carbonyl (C=O) groups is 1. The van der Waals surface area contributed by atoms with Crippen LogP contribution in [0.2, 0.25) is 10.0 Å². The van der Waals surface area contributed by atoms with Crippen molar-refractivity contribution in [3.8, 4) is 0 Å². The molecule has 2 saturated carbocycles. The number of hydrogen-bond acceptors (Lipinski definition) is 1. The molecule has 4 heteroatoms. The maximum Gasteiger partial charge on any atom is 0.220 e. The van der Waals surface area contributed by atoms with Crippen molar-refractivity contribution in [2.75, 3.05) is 0 Å². The molecule has 2 fully saturated rings. The molecule has 0 spiro atoms. The van der Waals surface area contributed by atoms with Crippen molar-refractivity contribution in [1.29, 1.82) is 0 Å². The standard InChI is InChI=1S/C16H19Cl2NO/c17-13-5-3-11(14(18)9-13)4-6-16(20)19-15-8-10-1-2-12(15)7-10/h3,5,9-10,12,15H,1-2,4,6-8H2,(H,19,20)/t10-,12-,15-/m0/s1. The predicted molar refractivity (Wildman–Crippen MR) is 82.2 cm³/mol. The van der Waals surface area contributed by atoms with E-state index in [2.05, 4.69) is 5.32 Å². The number of hydrogen-bond donors (Lipinski definition) is 1. The number of rotatable bonds is 4. The lowest BCUT2D eigenvalue weighted by Crippen LogP contribution is -2.38. The highest BCUT2D eigenvalue weighted by Gasteiger charge is 2.39. The van der Waals surface area contributed by atoms with Crippen molar-refractivity contribution >= 4 is 29.1 Å². The third kappa shape index (κ3) is 3.12. The van der Waals surface area contributed by atoms with Gasteiger partial charge in [-0.2, -0.15) is 0 Å². The van der Waals surface area contributed by atoms with E-state index in [1.807, 2.05) is 12.1 Å². The van der Waals surface area contributed by atoms with Gasteiger partial charge in [0, 0.05) is 22.5 Å². The lowest BCUT2D eigenvalue weighted by Gasteiger charge is -2.22. The summed E-state index contributed by atoms with van der Waals surface area (Å²) >= 11 is 12.0. The van der Waals surface area contributed by atoms with Gasteiger partial charge in [0.1, 0.15) is 0 Å². The molecule has 1 N–H and O–H groups in total. The molecular weight excluding hydrogens is 293 g/mol. The molecule has 0 aliphatic heterocycles. The minimum absolute atomic E-state index is 0.147. The van der Waals surface area contributed by atoms with Gasteiger partial charge in [0.15, 0.2) is 0 Å². The van der Waals surface area contributed by atoms with Gasteiger partial charge in [-0.15, -0.1) is 0 Å². The third-order valence-corrected chi connectivity index (χ3v) is 5.31. The fourth-order valence-electron chi connectivity index (χ4n) is 3.67. The quantitative estimate of drug-likeness (QED) is 0.885. The zero-order valence-corrected chi connectivity index (χ0v) is 12.9. The second-order valence-electron chi connectivity index (χ2n) is 6.08. The Bertz CT molecular complexity index is 517. The van der Waals surface area contributed by atoms with Gasteiger partial charge in [-0.25, -0.2) is 0 Å². The topological polar surface area (TPSA) is 29.1 Å². The minimum Gasteiger partial charge on any atom is -0.353 e. The van der Waals surface area contributed by atoms with Crippen LogP contribution in [0.4, 0.5) is 0 Å². The Morgan fingerprint density at radius 2 is 2.10 bits per heavy atom. The van der Waals surface area contributed by atoms with Crippen LogP contribution in [0.25, 0.3) is 0 Å². The molecule has 3 atom stereocenters. The second kappa shape index (κ2) is 5.95. The molecule has 0 radical (unpaired) electrons. The highest BCUT2D eigenvalue weighted by molar-refractivity contribution is 6.35. The Balaban J connectivity index is 1.49. The Hall–Kier alpha value is -0.730. The Morgan fingerprint density at radius 3 is 2.75 bits per heavy atom. The number of nitrogens with one attached hydrogen (secondary N) is 1. The van der Waals surface area contributed by atoms with Crippen LogP contribution in [0.5, 0.6) is 0 Å². The Labute approximate surface area is 129 Å². The van der Waals surface area contributed by atoms with Gasteiger partial charge in [0.25, 0.3) is 0 Å². The van der Waals surface area contributed by atoms with E-state index in [9.17, 15) is 4.79 Å². The first-order valence-electron chi connectivity index (χ1n) is 7.35. The molecule has 1 aromatic carbocycles. The summed E-state index contributed by atoms with van der Waals surface area (Å²) in [4.78, 5) is 12.0. The first kappa shape index (κ1) is 14.2. The first-order valence-corrected chi connectivity index (χ1v) is 8.10. The van der Waals surface area contributed by atoms with Crippen molar-refractivity contribution in [2.45, 2.75) is 44.6 Å². The van der Waals surface area contributed by atoms with Crippen molar-refractivity contribution < 1.29 is 4.79 Å². The summed E-state index contributed by atoms with van der Waals surface area (Å²) in [6, 6.07) is 5.86. The minimum atomic E-state index is 0.147. The fraction of sp³-hybridized carbons (Fsp3) is 0.562. The molecule has 2 bridgehead atoms. The molecule has 20 heavy (non-hydrogen) atoms.